The highest BCUT2D eigenvalue weighted by molar-refractivity contribution is 6.31. The van der Waals surface area contributed by atoms with Gasteiger partial charge in [0, 0.05) is 29.7 Å². The number of ether oxygens (including phenoxy) is 1. The largest absolute Gasteiger partial charge is 0.491 e. The van der Waals surface area contributed by atoms with Crippen LogP contribution in [0.4, 0.5) is 5.69 Å². The Balaban J connectivity index is 1.30. The number of benzene rings is 2. The van der Waals surface area contributed by atoms with Crippen LogP contribution in [-0.2, 0) is 6.42 Å². The van der Waals surface area contributed by atoms with Crippen LogP contribution in [0.5, 0.6) is 5.75 Å². The standard InChI is InChI=1S/C24H31ClN2O/c1-17(2)28-21-7-8-23(25)19(14-21)13-18-9-11-27(12-10-18)16-20-15-26-24-6-4-3-5-22(20)24/h3-8,14,17-18,20,26H,9-13,15-16H2,1-2H3. The minimum absolute atomic E-state index is 0.187. The number of anilines is 1. The third kappa shape index (κ3) is 4.64. The number of hydrogen-bond acceptors (Lipinski definition) is 3. The molecule has 0 aliphatic carbocycles. The topological polar surface area (TPSA) is 24.5 Å². The molecule has 0 saturated carbocycles. The lowest BCUT2D eigenvalue weighted by Crippen LogP contribution is -2.37. The molecule has 3 nitrogen and oxygen atoms in total. The van der Waals surface area contributed by atoms with Gasteiger partial charge in [-0.25, -0.2) is 0 Å². The van der Waals surface area contributed by atoms with Crippen molar-refractivity contribution in [3.63, 3.8) is 0 Å². The van der Waals surface area contributed by atoms with E-state index in [1.54, 1.807) is 0 Å². The second kappa shape index (κ2) is 8.75. The molecule has 1 saturated heterocycles. The SMILES string of the molecule is CC(C)Oc1ccc(Cl)c(CC2CCN(CC3CNc4ccccc43)CC2)c1. The van der Waals surface area contributed by atoms with Gasteiger partial charge in [-0.05, 0) is 87.5 Å². The second-order valence-corrected chi connectivity index (χ2v) is 8.94. The summed E-state index contributed by atoms with van der Waals surface area (Å²) in [7, 11) is 0. The van der Waals surface area contributed by atoms with E-state index < -0.39 is 0 Å². The number of fused-ring (bicyclic) bond motifs is 1. The van der Waals surface area contributed by atoms with E-state index in [1.807, 2.05) is 12.1 Å². The Kier molecular flexibility index (Phi) is 6.13. The van der Waals surface area contributed by atoms with Crippen LogP contribution in [0.15, 0.2) is 42.5 Å². The van der Waals surface area contributed by atoms with Crippen molar-refractivity contribution in [3.8, 4) is 5.75 Å². The molecule has 0 aromatic heterocycles. The summed E-state index contributed by atoms with van der Waals surface area (Å²) >= 11 is 6.47. The van der Waals surface area contributed by atoms with Gasteiger partial charge < -0.3 is 15.0 Å². The maximum absolute atomic E-state index is 6.47. The van der Waals surface area contributed by atoms with Crippen molar-refractivity contribution < 1.29 is 4.74 Å². The van der Waals surface area contributed by atoms with Crippen molar-refractivity contribution in [2.45, 2.75) is 45.1 Å². The average Bonchev–Trinajstić information content (AvgIpc) is 3.09. The molecule has 2 heterocycles. The molecule has 2 aliphatic rings. The minimum atomic E-state index is 0.187. The fourth-order valence-corrected chi connectivity index (χ4v) is 4.76. The number of rotatable bonds is 6. The van der Waals surface area contributed by atoms with Crippen molar-refractivity contribution in [1.29, 1.82) is 0 Å². The quantitative estimate of drug-likeness (QED) is 0.686. The lowest BCUT2D eigenvalue weighted by atomic mass is 9.89. The number of piperidine rings is 1. The summed E-state index contributed by atoms with van der Waals surface area (Å²) in [5.41, 5.74) is 4.03. The van der Waals surface area contributed by atoms with Gasteiger partial charge in [-0.2, -0.15) is 0 Å². The number of hydrogen-bond donors (Lipinski definition) is 1. The first-order chi connectivity index (χ1) is 13.6. The van der Waals surface area contributed by atoms with Crippen LogP contribution in [0, 0.1) is 5.92 Å². The van der Waals surface area contributed by atoms with E-state index in [4.69, 9.17) is 16.3 Å². The Morgan fingerprint density at radius 3 is 2.71 bits per heavy atom. The van der Waals surface area contributed by atoms with Crippen LogP contribution >= 0.6 is 11.6 Å². The zero-order chi connectivity index (χ0) is 19.5. The maximum Gasteiger partial charge on any atom is 0.120 e. The Morgan fingerprint density at radius 1 is 1.14 bits per heavy atom. The van der Waals surface area contributed by atoms with Gasteiger partial charge in [-0.1, -0.05) is 29.8 Å². The third-order valence-electron chi connectivity index (χ3n) is 6.02. The molecule has 0 amide bonds. The highest BCUT2D eigenvalue weighted by Crippen LogP contribution is 2.33. The summed E-state index contributed by atoms with van der Waals surface area (Å²) in [5.74, 6) is 2.25. The molecule has 28 heavy (non-hydrogen) atoms. The van der Waals surface area contributed by atoms with Gasteiger partial charge in [-0.15, -0.1) is 0 Å². The van der Waals surface area contributed by atoms with E-state index in [0.29, 0.717) is 11.8 Å². The van der Waals surface area contributed by atoms with Gasteiger partial charge in [-0.3, -0.25) is 0 Å². The summed E-state index contributed by atoms with van der Waals surface area (Å²) in [6, 6.07) is 14.8. The van der Waals surface area contributed by atoms with Gasteiger partial charge in [0.15, 0.2) is 0 Å². The van der Waals surface area contributed by atoms with E-state index in [-0.39, 0.29) is 6.10 Å². The summed E-state index contributed by atoms with van der Waals surface area (Å²) in [6.07, 6.45) is 3.73. The first-order valence-corrected chi connectivity index (χ1v) is 11.0. The Labute approximate surface area is 174 Å². The smallest absolute Gasteiger partial charge is 0.120 e. The molecule has 4 heteroatoms. The van der Waals surface area contributed by atoms with Crippen LogP contribution in [0.3, 0.4) is 0 Å². The molecule has 150 valence electrons. The molecule has 0 bridgehead atoms. The van der Waals surface area contributed by atoms with Gasteiger partial charge in [0.2, 0.25) is 0 Å². The van der Waals surface area contributed by atoms with Crippen molar-refractivity contribution in [1.82, 2.24) is 4.90 Å². The third-order valence-corrected chi connectivity index (χ3v) is 6.39. The highest BCUT2D eigenvalue weighted by atomic mass is 35.5. The molecule has 1 fully saturated rings. The Morgan fingerprint density at radius 2 is 1.93 bits per heavy atom. The maximum atomic E-state index is 6.47. The normalized spacial score (nSPS) is 20.2. The summed E-state index contributed by atoms with van der Waals surface area (Å²) in [6.45, 7) is 8.71. The Hall–Kier alpha value is -1.71. The molecule has 4 rings (SSSR count). The van der Waals surface area contributed by atoms with Crippen LogP contribution in [0.1, 0.15) is 43.7 Å². The van der Waals surface area contributed by atoms with Crippen molar-refractivity contribution in [2.75, 3.05) is 31.5 Å². The molecule has 1 atom stereocenters. The predicted molar refractivity (Wildman–Crippen MR) is 118 cm³/mol. The van der Waals surface area contributed by atoms with E-state index in [1.165, 1.54) is 42.7 Å². The number of halogens is 1. The molecule has 2 aliphatic heterocycles. The molecule has 0 radical (unpaired) electrons. The van der Waals surface area contributed by atoms with Gasteiger partial charge >= 0.3 is 0 Å². The van der Waals surface area contributed by atoms with E-state index in [9.17, 15) is 0 Å². The fourth-order valence-electron chi connectivity index (χ4n) is 4.57. The van der Waals surface area contributed by atoms with E-state index in [2.05, 4.69) is 54.4 Å². The summed E-state index contributed by atoms with van der Waals surface area (Å²) in [5, 5.41) is 4.42. The first kappa shape index (κ1) is 19.6. The van der Waals surface area contributed by atoms with Crippen LogP contribution in [-0.4, -0.2) is 37.2 Å². The predicted octanol–water partition coefficient (Wildman–Crippen LogP) is 5.59. The molecule has 2 aromatic rings. The number of nitrogens with zero attached hydrogens (tertiary/aromatic N) is 1. The minimum Gasteiger partial charge on any atom is -0.491 e. The van der Waals surface area contributed by atoms with Crippen molar-refractivity contribution in [3.05, 3.63) is 58.6 Å². The molecule has 0 spiro atoms. The van der Waals surface area contributed by atoms with Crippen molar-refractivity contribution >= 4 is 17.3 Å². The summed E-state index contributed by atoms with van der Waals surface area (Å²) in [4.78, 5) is 2.64. The molecule has 2 aromatic carbocycles. The zero-order valence-electron chi connectivity index (χ0n) is 17.0. The van der Waals surface area contributed by atoms with Crippen molar-refractivity contribution in [2.24, 2.45) is 5.92 Å². The Bertz CT molecular complexity index is 799. The zero-order valence-corrected chi connectivity index (χ0v) is 17.7. The van der Waals surface area contributed by atoms with Crippen LogP contribution in [0.2, 0.25) is 5.02 Å². The number of nitrogens with one attached hydrogen (secondary N) is 1. The molecular weight excluding hydrogens is 368 g/mol. The lowest BCUT2D eigenvalue weighted by Gasteiger charge is -2.33. The molecular formula is C24H31ClN2O. The van der Waals surface area contributed by atoms with E-state index >= 15 is 0 Å². The average molecular weight is 399 g/mol. The summed E-state index contributed by atoms with van der Waals surface area (Å²) < 4.78 is 5.85. The monoisotopic (exact) mass is 398 g/mol. The number of likely N-dealkylation sites (tertiary alicyclic amines) is 1. The fraction of sp³-hybridized carbons (Fsp3) is 0.500. The van der Waals surface area contributed by atoms with E-state index in [0.717, 1.165) is 30.3 Å². The van der Waals surface area contributed by atoms with Gasteiger partial charge in [0.05, 0.1) is 6.10 Å². The van der Waals surface area contributed by atoms with Crippen LogP contribution < -0.4 is 10.1 Å². The number of para-hydroxylation sites is 1. The lowest BCUT2D eigenvalue weighted by molar-refractivity contribution is 0.177. The second-order valence-electron chi connectivity index (χ2n) is 8.53. The van der Waals surface area contributed by atoms with Crippen LogP contribution in [0.25, 0.3) is 0 Å². The van der Waals surface area contributed by atoms with Gasteiger partial charge in [0.25, 0.3) is 0 Å². The first-order valence-electron chi connectivity index (χ1n) is 10.6. The molecule has 1 unspecified atom stereocenters. The highest BCUT2D eigenvalue weighted by Gasteiger charge is 2.26. The molecule has 1 N–H and O–H groups in total. The van der Waals surface area contributed by atoms with Gasteiger partial charge in [0.1, 0.15) is 5.75 Å².